The van der Waals surface area contributed by atoms with Crippen molar-refractivity contribution in [2.45, 2.75) is 78.6 Å². The van der Waals surface area contributed by atoms with Gasteiger partial charge < -0.3 is 36.5 Å². The van der Waals surface area contributed by atoms with Crippen LogP contribution in [-0.4, -0.2) is 76.6 Å². The smallest absolute Gasteiger partial charge is 0.312 e. The molecule has 1 aromatic carbocycles. The number of urea groups is 1. The Morgan fingerprint density at radius 1 is 1.02 bits per heavy atom. The van der Waals surface area contributed by atoms with Gasteiger partial charge in [-0.1, -0.05) is 31.2 Å². The number of carbonyl (C=O) groups excluding carboxylic acids is 5. The molecule has 15 heteroatoms. The first-order valence-corrected chi connectivity index (χ1v) is 14.6. The molecule has 0 radical (unpaired) electrons. The van der Waals surface area contributed by atoms with Crippen molar-refractivity contribution in [3.05, 3.63) is 41.7 Å². The number of nitrogens with zero attached hydrogens (tertiary/aromatic N) is 3. The third-order valence-corrected chi connectivity index (χ3v) is 6.42. The van der Waals surface area contributed by atoms with Crippen molar-refractivity contribution in [3.63, 3.8) is 0 Å². The Bertz CT molecular complexity index is 1230. The zero-order chi connectivity index (χ0) is 32.5. The van der Waals surface area contributed by atoms with E-state index in [2.05, 4.69) is 31.6 Å². The van der Waals surface area contributed by atoms with Gasteiger partial charge in [0.25, 0.3) is 0 Å². The minimum Gasteiger partial charge on any atom is -0.461 e. The molecular weight excluding hydrogens is 572 g/mol. The van der Waals surface area contributed by atoms with E-state index < -0.39 is 35.9 Å². The lowest BCUT2D eigenvalue weighted by molar-refractivity contribution is -0.142. The number of amides is 5. The SMILES string of the molecule is CCn1cc(CCOCCC(=O)N[C@H](C(=O)N[C@@H](CCCNC(N)=O)C(=O)Nc2ccc(COC(C)=O)cc2)C(C)C)nn1. The van der Waals surface area contributed by atoms with Crippen molar-refractivity contribution in [1.29, 1.82) is 0 Å². The third kappa shape index (κ3) is 13.6. The zero-order valence-electron chi connectivity index (χ0n) is 25.8. The van der Waals surface area contributed by atoms with Gasteiger partial charge in [-0.2, -0.15) is 0 Å². The lowest BCUT2D eigenvalue weighted by Crippen LogP contribution is -2.54. The molecule has 15 nitrogen and oxygen atoms in total. The molecule has 0 fully saturated rings. The second-order valence-corrected chi connectivity index (χ2v) is 10.4. The number of hydrogen-bond acceptors (Lipinski definition) is 9. The van der Waals surface area contributed by atoms with Gasteiger partial charge in [-0.15, -0.1) is 5.10 Å². The lowest BCUT2D eigenvalue weighted by Gasteiger charge is -2.25. The van der Waals surface area contributed by atoms with E-state index in [1.165, 1.54) is 6.92 Å². The molecule has 1 aromatic heterocycles. The van der Waals surface area contributed by atoms with Gasteiger partial charge in [0, 0.05) is 44.7 Å². The summed E-state index contributed by atoms with van der Waals surface area (Å²) in [5.41, 5.74) is 7.13. The van der Waals surface area contributed by atoms with Gasteiger partial charge in [-0.25, -0.2) is 4.79 Å². The summed E-state index contributed by atoms with van der Waals surface area (Å²) in [7, 11) is 0. The number of hydrogen-bond donors (Lipinski definition) is 5. The van der Waals surface area contributed by atoms with E-state index in [0.717, 1.165) is 17.8 Å². The fourth-order valence-corrected chi connectivity index (χ4v) is 3.98. The highest BCUT2D eigenvalue weighted by molar-refractivity contribution is 5.98. The summed E-state index contributed by atoms with van der Waals surface area (Å²) in [6.07, 6.45) is 3.01. The number of ether oxygens (including phenoxy) is 2. The number of nitrogens with one attached hydrogen (secondary N) is 4. The Labute approximate surface area is 257 Å². The van der Waals surface area contributed by atoms with Gasteiger partial charge in [-0.3, -0.25) is 23.9 Å². The van der Waals surface area contributed by atoms with Crippen molar-refractivity contribution >= 4 is 35.4 Å². The third-order valence-electron chi connectivity index (χ3n) is 6.42. The molecule has 0 saturated heterocycles. The molecule has 5 amide bonds. The number of benzene rings is 1. The molecule has 2 rings (SSSR count). The van der Waals surface area contributed by atoms with Crippen LogP contribution in [0.15, 0.2) is 30.5 Å². The average Bonchev–Trinajstić information content (AvgIpc) is 3.44. The highest BCUT2D eigenvalue weighted by atomic mass is 16.5. The number of carbonyl (C=O) groups is 5. The van der Waals surface area contributed by atoms with Crippen molar-refractivity contribution in [3.8, 4) is 0 Å². The van der Waals surface area contributed by atoms with Crippen molar-refractivity contribution in [2.24, 2.45) is 11.7 Å². The van der Waals surface area contributed by atoms with Crippen LogP contribution in [-0.2, 0) is 48.2 Å². The van der Waals surface area contributed by atoms with Crippen LogP contribution in [0.1, 0.15) is 58.2 Å². The highest BCUT2D eigenvalue weighted by Crippen LogP contribution is 2.13. The number of esters is 1. The fraction of sp³-hybridized carbons (Fsp3) is 0.552. The predicted octanol–water partition coefficient (Wildman–Crippen LogP) is 1.02. The van der Waals surface area contributed by atoms with Crippen molar-refractivity contribution in [1.82, 2.24) is 30.9 Å². The first-order chi connectivity index (χ1) is 21.0. The summed E-state index contributed by atoms with van der Waals surface area (Å²) < 4.78 is 12.2. The van der Waals surface area contributed by atoms with Crippen molar-refractivity contribution < 1.29 is 33.4 Å². The number of anilines is 1. The van der Waals surface area contributed by atoms with Crippen LogP contribution < -0.4 is 27.0 Å². The Morgan fingerprint density at radius 3 is 2.36 bits per heavy atom. The summed E-state index contributed by atoms with van der Waals surface area (Å²) in [5.74, 6) is -2.04. The lowest BCUT2D eigenvalue weighted by atomic mass is 10.0. The molecule has 0 bridgehead atoms. The van der Waals surface area contributed by atoms with Crippen LogP contribution in [0.25, 0.3) is 0 Å². The minimum atomic E-state index is -0.968. The molecular formula is C29H44N8O7. The Hall–Kier alpha value is -4.53. The monoisotopic (exact) mass is 616 g/mol. The van der Waals surface area contributed by atoms with E-state index in [4.69, 9.17) is 15.2 Å². The van der Waals surface area contributed by atoms with Gasteiger partial charge in [-0.05, 0) is 43.4 Å². The quantitative estimate of drug-likeness (QED) is 0.113. The first kappa shape index (κ1) is 35.7. The van der Waals surface area contributed by atoms with Crippen LogP contribution in [0.2, 0.25) is 0 Å². The van der Waals surface area contributed by atoms with Gasteiger partial charge >= 0.3 is 12.0 Å². The van der Waals surface area contributed by atoms with Crippen LogP contribution in [0.3, 0.4) is 0 Å². The van der Waals surface area contributed by atoms with Gasteiger partial charge in [0.1, 0.15) is 18.7 Å². The highest BCUT2D eigenvalue weighted by Gasteiger charge is 2.28. The maximum Gasteiger partial charge on any atom is 0.312 e. The fourth-order valence-electron chi connectivity index (χ4n) is 3.98. The second-order valence-electron chi connectivity index (χ2n) is 10.4. The number of aromatic nitrogens is 3. The molecule has 0 saturated carbocycles. The molecule has 2 atom stereocenters. The predicted molar refractivity (Wildman–Crippen MR) is 161 cm³/mol. The van der Waals surface area contributed by atoms with Gasteiger partial charge in [0.05, 0.1) is 18.9 Å². The van der Waals surface area contributed by atoms with E-state index in [1.54, 1.807) is 42.8 Å². The Kier molecular flexibility index (Phi) is 15.3. The number of aryl methyl sites for hydroxylation is 1. The normalized spacial score (nSPS) is 12.2. The number of primary amides is 1. The molecule has 44 heavy (non-hydrogen) atoms. The summed E-state index contributed by atoms with van der Waals surface area (Å²) in [6.45, 7) is 8.43. The Balaban J connectivity index is 1.93. The standard InChI is InChI=1S/C29H44N8O7/c1-5-37-17-23(35-36-37)12-15-43-16-13-25(39)34-26(19(2)3)28(41)33-24(7-6-14-31-29(30)42)27(40)32-22-10-8-21(9-11-22)18-44-20(4)38/h8-11,17,19,24,26H,5-7,12-16,18H2,1-4H3,(H,32,40)(H,33,41)(H,34,39)(H3,30,31,42)/t24-,26-/m0/s1. The first-order valence-electron chi connectivity index (χ1n) is 14.6. The molecule has 6 N–H and O–H groups in total. The molecule has 0 unspecified atom stereocenters. The van der Waals surface area contributed by atoms with Crippen LogP contribution in [0.5, 0.6) is 0 Å². The molecule has 1 heterocycles. The van der Waals surface area contributed by atoms with Crippen LogP contribution >= 0.6 is 0 Å². The van der Waals surface area contributed by atoms with Crippen LogP contribution in [0, 0.1) is 5.92 Å². The molecule has 2 aromatic rings. The maximum absolute atomic E-state index is 13.3. The molecule has 0 spiro atoms. The summed E-state index contributed by atoms with van der Waals surface area (Å²) in [6, 6.07) is 4.15. The molecule has 0 aliphatic heterocycles. The average molecular weight is 617 g/mol. The minimum absolute atomic E-state index is 0.0499. The van der Waals surface area contributed by atoms with E-state index in [-0.39, 0.29) is 44.4 Å². The molecule has 0 aliphatic rings. The molecule has 0 aliphatic carbocycles. The summed E-state index contributed by atoms with van der Waals surface area (Å²) in [5, 5.41) is 18.7. The van der Waals surface area contributed by atoms with Crippen molar-refractivity contribution in [2.75, 3.05) is 25.1 Å². The second kappa shape index (κ2) is 18.9. The topological polar surface area (TPSA) is 209 Å². The molecule has 242 valence electrons. The summed E-state index contributed by atoms with van der Waals surface area (Å²) in [4.78, 5) is 61.2. The summed E-state index contributed by atoms with van der Waals surface area (Å²) >= 11 is 0. The van der Waals surface area contributed by atoms with Gasteiger partial charge in [0.15, 0.2) is 0 Å². The van der Waals surface area contributed by atoms with Gasteiger partial charge in [0.2, 0.25) is 17.7 Å². The van der Waals surface area contributed by atoms with E-state index >= 15 is 0 Å². The Morgan fingerprint density at radius 2 is 1.75 bits per heavy atom. The van der Waals surface area contributed by atoms with E-state index in [9.17, 15) is 24.0 Å². The van der Waals surface area contributed by atoms with Crippen LogP contribution in [0.4, 0.5) is 10.5 Å². The van der Waals surface area contributed by atoms with E-state index in [1.807, 2.05) is 13.1 Å². The van der Waals surface area contributed by atoms with E-state index in [0.29, 0.717) is 25.1 Å². The largest absolute Gasteiger partial charge is 0.461 e. The zero-order valence-corrected chi connectivity index (χ0v) is 25.8. The number of rotatable bonds is 19. The maximum atomic E-state index is 13.3. The number of nitrogens with two attached hydrogens (primary N) is 1.